The van der Waals surface area contributed by atoms with Gasteiger partial charge in [-0.25, -0.2) is 0 Å². The summed E-state index contributed by atoms with van der Waals surface area (Å²) in [7, 11) is 0. The van der Waals surface area contributed by atoms with Gasteiger partial charge in [0.05, 0.1) is 19.3 Å². The van der Waals surface area contributed by atoms with Gasteiger partial charge in [0.25, 0.3) is 0 Å². The average Bonchev–Trinajstić information content (AvgIpc) is 3.33. The predicted octanol–water partition coefficient (Wildman–Crippen LogP) is 2.71. The zero-order valence-electron chi connectivity index (χ0n) is 23.3. The van der Waals surface area contributed by atoms with Gasteiger partial charge < -0.3 is 29.5 Å². The van der Waals surface area contributed by atoms with Gasteiger partial charge in [-0.15, -0.1) is 0 Å². The highest BCUT2D eigenvalue weighted by atomic mass is 16.7. The number of carbonyl (C=O) groups excluding carboxylic acids is 2. The van der Waals surface area contributed by atoms with Crippen molar-refractivity contribution in [3.8, 4) is 0 Å². The summed E-state index contributed by atoms with van der Waals surface area (Å²) in [6.07, 6.45) is 5.48. The molecule has 0 aromatic heterocycles. The molecule has 0 aromatic carbocycles. The fraction of sp³-hybridized carbons (Fsp3) is 0.929. The molecule has 4 aliphatic rings. The van der Waals surface area contributed by atoms with Crippen molar-refractivity contribution in [3.05, 3.63) is 0 Å². The molecule has 0 radical (unpaired) electrons. The molecule has 206 valence electrons. The maximum atomic E-state index is 14.0. The molecule has 36 heavy (non-hydrogen) atoms. The summed E-state index contributed by atoms with van der Waals surface area (Å²) >= 11 is 0. The second-order valence-electron chi connectivity index (χ2n) is 12.6. The molecule has 4 heterocycles. The SMILES string of the molecule is CC(C)C[C@@H]1NCCN([C@@H](CC(C)C)C(=O)N2CC[C@]3(C[C@@H]2C)OC[C@@H](CN2CCCC2)CO3)C1=O. The Hall–Kier alpha value is -1.22. The molecule has 3 atom stereocenters. The Kier molecular flexibility index (Phi) is 9.34. The normalized spacial score (nSPS) is 33.2. The quantitative estimate of drug-likeness (QED) is 0.546. The van der Waals surface area contributed by atoms with Crippen LogP contribution in [-0.2, 0) is 19.1 Å². The van der Waals surface area contributed by atoms with Gasteiger partial charge in [-0.05, 0) is 57.5 Å². The van der Waals surface area contributed by atoms with Gasteiger partial charge in [0, 0.05) is 51.0 Å². The largest absolute Gasteiger partial charge is 0.349 e. The first-order valence-electron chi connectivity index (χ1n) is 14.5. The highest BCUT2D eigenvalue weighted by Crippen LogP contribution is 2.36. The van der Waals surface area contributed by atoms with E-state index < -0.39 is 11.8 Å². The van der Waals surface area contributed by atoms with Crippen LogP contribution in [0.2, 0.25) is 0 Å². The zero-order chi connectivity index (χ0) is 25.9. The molecule has 0 bridgehead atoms. The number of rotatable bonds is 8. The van der Waals surface area contributed by atoms with Crippen molar-refractivity contribution in [2.24, 2.45) is 17.8 Å². The standard InChI is InChI=1S/C28H50N4O4/c1-20(2)14-24-26(33)32(13-9-29-24)25(15-21(3)4)27(34)31-12-8-28(16-22(31)5)35-18-23(19-36-28)17-30-10-6-7-11-30/h20-25,29H,6-19H2,1-5H3/t22-,23-,24-,25-,28+/m0/s1. The molecule has 1 spiro atoms. The van der Waals surface area contributed by atoms with E-state index in [0.717, 1.165) is 32.7 Å². The second kappa shape index (κ2) is 12.1. The number of hydrogen-bond acceptors (Lipinski definition) is 6. The lowest BCUT2D eigenvalue weighted by atomic mass is 9.92. The lowest BCUT2D eigenvalue weighted by molar-refractivity contribution is -0.303. The molecule has 0 saturated carbocycles. The van der Waals surface area contributed by atoms with Gasteiger partial charge in [0.2, 0.25) is 11.8 Å². The molecule has 0 unspecified atom stereocenters. The highest BCUT2D eigenvalue weighted by molar-refractivity contribution is 5.90. The zero-order valence-corrected chi connectivity index (χ0v) is 23.3. The van der Waals surface area contributed by atoms with Gasteiger partial charge in [-0.1, -0.05) is 27.7 Å². The van der Waals surface area contributed by atoms with E-state index in [2.05, 4.69) is 44.8 Å². The fourth-order valence-electron chi connectivity index (χ4n) is 6.55. The molecule has 4 aliphatic heterocycles. The van der Waals surface area contributed by atoms with Crippen LogP contribution in [0.1, 0.15) is 73.1 Å². The van der Waals surface area contributed by atoms with Crippen molar-refractivity contribution in [3.63, 3.8) is 0 Å². The molecule has 1 N–H and O–H groups in total. The van der Waals surface area contributed by atoms with Crippen LogP contribution in [0.3, 0.4) is 0 Å². The molecular weight excluding hydrogens is 456 g/mol. The third-order valence-electron chi connectivity index (χ3n) is 8.42. The first kappa shape index (κ1) is 27.8. The summed E-state index contributed by atoms with van der Waals surface area (Å²) in [5.41, 5.74) is 0. The number of ether oxygens (including phenoxy) is 2. The number of hydrogen-bond donors (Lipinski definition) is 1. The second-order valence-corrected chi connectivity index (χ2v) is 12.6. The van der Waals surface area contributed by atoms with Crippen LogP contribution in [0.25, 0.3) is 0 Å². The smallest absolute Gasteiger partial charge is 0.245 e. The number of carbonyl (C=O) groups is 2. The summed E-state index contributed by atoms with van der Waals surface area (Å²) in [5.74, 6) is 0.781. The first-order chi connectivity index (χ1) is 17.2. The molecule has 4 fully saturated rings. The Morgan fingerprint density at radius 2 is 1.75 bits per heavy atom. The van der Waals surface area contributed by atoms with E-state index in [1.165, 1.54) is 25.9 Å². The topological polar surface area (TPSA) is 74.3 Å². The van der Waals surface area contributed by atoms with E-state index in [4.69, 9.17) is 9.47 Å². The van der Waals surface area contributed by atoms with Crippen molar-refractivity contribution < 1.29 is 19.1 Å². The van der Waals surface area contributed by atoms with E-state index in [1.807, 2.05) is 9.80 Å². The Labute approximate surface area is 218 Å². The summed E-state index contributed by atoms with van der Waals surface area (Å²) in [6.45, 7) is 17.5. The number of likely N-dealkylation sites (tertiary alicyclic amines) is 2. The van der Waals surface area contributed by atoms with Crippen molar-refractivity contribution in [2.45, 2.75) is 97.1 Å². The Bertz CT molecular complexity index is 746. The van der Waals surface area contributed by atoms with Crippen LogP contribution >= 0.6 is 0 Å². The van der Waals surface area contributed by atoms with Gasteiger partial charge in [-0.3, -0.25) is 9.59 Å². The Balaban J connectivity index is 1.37. The maximum absolute atomic E-state index is 14.0. The molecular formula is C28H50N4O4. The molecule has 8 nitrogen and oxygen atoms in total. The lowest BCUT2D eigenvalue weighted by Gasteiger charge is -2.49. The van der Waals surface area contributed by atoms with Crippen molar-refractivity contribution in [1.82, 2.24) is 20.0 Å². The van der Waals surface area contributed by atoms with E-state index >= 15 is 0 Å². The van der Waals surface area contributed by atoms with E-state index in [1.54, 1.807) is 0 Å². The van der Waals surface area contributed by atoms with E-state index in [-0.39, 0.29) is 23.9 Å². The fourth-order valence-corrected chi connectivity index (χ4v) is 6.55. The molecule has 0 aromatic rings. The monoisotopic (exact) mass is 506 g/mol. The average molecular weight is 507 g/mol. The summed E-state index contributed by atoms with van der Waals surface area (Å²) in [5, 5.41) is 3.38. The van der Waals surface area contributed by atoms with Crippen LogP contribution < -0.4 is 5.32 Å². The van der Waals surface area contributed by atoms with Crippen LogP contribution in [0.5, 0.6) is 0 Å². The summed E-state index contributed by atoms with van der Waals surface area (Å²) in [6, 6.07) is -0.579. The van der Waals surface area contributed by atoms with Crippen LogP contribution in [-0.4, -0.2) is 103 Å². The van der Waals surface area contributed by atoms with Gasteiger partial charge in [0.15, 0.2) is 5.79 Å². The Morgan fingerprint density at radius 1 is 1.06 bits per heavy atom. The minimum absolute atomic E-state index is 0.0144. The number of nitrogens with zero attached hydrogens (tertiary/aromatic N) is 3. The molecule has 8 heteroatoms. The summed E-state index contributed by atoms with van der Waals surface area (Å²) in [4.78, 5) is 33.8. The van der Waals surface area contributed by atoms with Gasteiger partial charge in [0.1, 0.15) is 6.04 Å². The van der Waals surface area contributed by atoms with Crippen molar-refractivity contribution in [1.29, 1.82) is 0 Å². The highest BCUT2D eigenvalue weighted by Gasteiger charge is 2.47. The predicted molar refractivity (Wildman–Crippen MR) is 140 cm³/mol. The van der Waals surface area contributed by atoms with E-state index in [9.17, 15) is 9.59 Å². The van der Waals surface area contributed by atoms with E-state index in [0.29, 0.717) is 50.1 Å². The number of amides is 2. The molecule has 0 aliphatic carbocycles. The third-order valence-corrected chi connectivity index (χ3v) is 8.42. The third kappa shape index (κ3) is 6.61. The molecule has 4 saturated heterocycles. The number of piperazine rings is 1. The minimum Gasteiger partial charge on any atom is -0.349 e. The Morgan fingerprint density at radius 3 is 2.36 bits per heavy atom. The maximum Gasteiger partial charge on any atom is 0.245 e. The molecule has 4 rings (SSSR count). The number of nitrogens with one attached hydrogen (secondary N) is 1. The van der Waals surface area contributed by atoms with Gasteiger partial charge >= 0.3 is 0 Å². The van der Waals surface area contributed by atoms with Crippen molar-refractivity contribution in [2.75, 3.05) is 52.5 Å². The van der Waals surface area contributed by atoms with Crippen LogP contribution in [0.4, 0.5) is 0 Å². The van der Waals surface area contributed by atoms with Crippen LogP contribution in [0.15, 0.2) is 0 Å². The minimum atomic E-state index is -0.571. The van der Waals surface area contributed by atoms with Gasteiger partial charge in [-0.2, -0.15) is 0 Å². The van der Waals surface area contributed by atoms with Crippen molar-refractivity contribution >= 4 is 11.8 Å². The van der Waals surface area contributed by atoms with Crippen LogP contribution in [0, 0.1) is 17.8 Å². The molecule has 2 amide bonds. The first-order valence-corrected chi connectivity index (χ1v) is 14.5. The number of piperidine rings is 1. The lowest BCUT2D eigenvalue weighted by Crippen LogP contribution is -2.64. The summed E-state index contributed by atoms with van der Waals surface area (Å²) < 4.78 is 12.8.